The van der Waals surface area contributed by atoms with Gasteiger partial charge in [-0.25, -0.2) is 4.98 Å². The predicted molar refractivity (Wildman–Crippen MR) is 79.2 cm³/mol. The molecular formula is C17H18N2. The lowest BCUT2D eigenvalue weighted by molar-refractivity contribution is 0.795. The molecule has 0 aliphatic carbocycles. The van der Waals surface area contributed by atoms with E-state index >= 15 is 0 Å². The van der Waals surface area contributed by atoms with Gasteiger partial charge in [0, 0.05) is 18.0 Å². The van der Waals surface area contributed by atoms with Gasteiger partial charge >= 0.3 is 0 Å². The van der Waals surface area contributed by atoms with Gasteiger partial charge in [-0.1, -0.05) is 43.7 Å². The molecule has 19 heavy (non-hydrogen) atoms. The fourth-order valence-corrected chi connectivity index (χ4v) is 2.30. The van der Waals surface area contributed by atoms with Crippen molar-refractivity contribution >= 4 is 5.65 Å². The van der Waals surface area contributed by atoms with Crippen molar-refractivity contribution < 1.29 is 0 Å². The molecule has 0 fully saturated rings. The van der Waals surface area contributed by atoms with E-state index in [4.69, 9.17) is 0 Å². The van der Waals surface area contributed by atoms with Gasteiger partial charge in [0.2, 0.25) is 0 Å². The lowest BCUT2D eigenvalue weighted by Gasteiger charge is -2.01. The molecule has 2 heteroatoms. The summed E-state index contributed by atoms with van der Waals surface area (Å²) in [5, 5.41) is 0. The molecule has 0 amide bonds. The van der Waals surface area contributed by atoms with E-state index in [0.29, 0.717) is 0 Å². The van der Waals surface area contributed by atoms with Crippen LogP contribution in [0.5, 0.6) is 0 Å². The van der Waals surface area contributed by atoms with Gasteiger partial charge in [-0.05, 0) is 30.5 Å². The number of benzene rings is 1. The molecule has 0 aliphatic heterocycles. The van der Waals surface area contributed by atoms with Gasteiger partial charge in [0.25, 0.3) is 0 Å². The van der Waals surface area contributed by atoms with E-state index in [1.54, 1.807) is 0 Å². The van der Waals surface area contributed by atoms with Crippen LogP contribution in [-0.4, -0.2) is 9.38 Å². The summed E-state index contributed by atoms with van der Waals surface area (Å²) in [6.07, 6.45) is 7.78. The number of pyridine rings is 1. The maximum atomic E-state index is 4.64. The van der Waals surface area contributed by atoms with Crippen LogP contribution in [0.3, 0.4) is 0 Å². The molecule has 3 aromatic rings. The van der Waals surface area contributed by atoms with Gasteiger partial charge < -0.3 is 4.40 Å². The van der Waals surface area contributed by atoms with Crippen LogP contribution in [-0.2, 0) is 6.42 Å². The highest BCUT2D eigenvalue weighted by Crippen LogP contribution is 2.20. The molecule has 0 atom stereocenters. The average molecular weight is 250 g/mol. The van der Waals surface area contributed by atoms with Crippen molar-refractivity contribution in [2.24, 2.45) is 0 Å². The van der Waals surface area contributed by atoms with E-state index in [1.807, 2.05) is 24.4 Å². The van der Waals surface area contributed by atoms with Crippen molar-refractivity contribution in [1.29, 1.82) is 0 Å². The Bertz CT molecular complexity index is 632. The first-order chi connectivity index (χ1) is 9.36. The lowest BCUT2D eigenvalue weighted by Crippen LogP contribution is -1.85. The smallest absolute Gasteiger partial charge is 0.137 e. The first-order valence-corrected chi connectivity index (χ1v) is 6.90. The minimum absolute atomic E-state index is 0.993. The van der Waals surface area contributed by atoms with Crippen LogP contribution < -0.4 is 0 Å². The summed E-state index contributed by atoms with van der Waals surface area (Å²) in [5.74, 6) is 0. The first-order valence-electron chi connectivity index (χ1n) is 6.90. The zero-order valence-electron chi connectivity index (χ0n) is 11.2. The van der Waals surface area contributed by atoms with E-state index in [9.17, 15) is 0 Å². The minimum atomic E-state index is 0.993. The summed E-state index contributed by atoms with van der Waals surface area (Å²) in [4.78, 5) is 4.64. The van der Waals surface area contributed by atoms with E-state index in [1.165, 1.54) is 30.4 Å². The van der Waals surface area contributed by atoms with Crippen molar-refractivity contribution in [3.8, 4) is 11.3 Å². The van der Waals surface area contributed by atoms with Gasteiger partial charge in [0.1, 0.15) is 5.65 Å². The standard InChI is InChI=1S/C17H18N2/c1-2-3-6-14-8-10-15(11-9-14)16-13-19-12-5-4-7-17(19)18-16/h4-5,7-13H,2-3,6H2,1H3. The molecule has 2 nitrogen and oxygen atoms in total. The zero-order valence-corrected chi connectivity index (χ0v) is 11.2. The molecule has 0 spiro atoms. The number of aromatic nitrogens is 2. The molecule has 0 aliphatic rings. The molecule has 0 saturated heterocycles. The lowest BCUT2D eigenvalue weighted by atomic mass is 10.1. The maximum absolute atomic E-state index is 4.64. The van der Waals surface area contributed by atoms with E-state index in [-0.39, 0.29) is 0 Å². The summed E-state index contributed by atoms with van der Waals surface area (Å²) in [6.45, 7) is 2.23. The van der Waals surface area contributed by atoms with Gasteiger partial charge in [0.15, 0.2) is 0 Å². The van der Waals surface area contributed by atoms with Crippen molar-refractivity contribution in [3.63, 3.8) is 0 Å². The molecule has 2 aromatic heterocycles. The van der Waals surface area contributed by atoms with Gasteiger partial charge in [-0.3, -0.25) is 0 Å². The van der Waals surface area contributed by atoms with Crippen LogP contribution >= 0.6 is 0 Å². The number of nitrogens with zero attached hydrogens (tertiary/aromatic N) is 2. The van der Waals surface area contributed by atoms with E-state index in [0.717, 1.165) is 11.3 Å². The van der Waals surface area contributed by atoms with Crippen molar-refractivity contribution in [3.05, 3.63) is 60.4 Å². The SMILES string of the molecule is CCCCc1ccc(-c2cn3ccccc3n2)cc1. The second kappa shape index (κ2) is 5.27. The van der Waals surface area contributed by atoms with Crippen LogP contribution in [0.4, 0.5) is 0 Å². The van der Waals surface area contributed by atoms with E-state index in [2.05, 4.69) is 46.8 Å². The number of fused-ring (bicyclic) bond motifs is 1. The fraction of sp³-hybridized carbons (Fsp3) is 0.235. The van der Waals surface area contributed by atoms with Gasteiger partial charge in [-0.2, -0.15) is 0 Å². The number of unbranched alkanes of at least 4 members (excludes halogenated alkanes) is 1. The Kier molecular flexibility index (Phi) is 3.32. The summed E-state index contributed by atoms with van der Waals surface area (Å²) >= 11 is 0. The monoisotopic (exact) mass is 250 g/mol. The fourth-order valence-electron chi connectivity index (χ4n) is 2.30. The first kappa shape index (κ1) is 12.0. The average Bonchev–Trinajstić information content (AvgIpc) is 2.89. The summed E-state index contributed by atoms with van der Waals surface area (Å²) in [5.41, 5.74) is 4.62. The second-order valence-corrected chi connectivity index (χ2v) is 4.89. The third-order valence-corrected chi connectivity index (χ3v) is 3.43. The Balaban J connectivity index is 1.88. The van der Waals surface area contributed by atoms with Crippen LogP contribution in [0.25, 0.3) is 16.9 Å². The van der Waals surface area contributed by atoms with Crippen LogP contribution in [0.2, 0.25) is 0 Å². The number of hydrogen-bond acceptors (Lipinski definition) is 1. The Morgan fingerprint density at radius 2 is 1.89 bits per heavy atom. The highest BCUT2D eigenvalue weighted by Gasteiger charge is 2.03. The van der Waals surface area contributed by atoms with Crippen LogP contribution in [0.1, 0.15) is 25.3 Å². The highest BCUT2D eigenvalue weighted by atomic mass is 15.0. The Hall–Kier alpha value is -2.09. The van der Waals surface area contributed by atoms with Crippen LogP contribution in [0.15, 0.2) is 54.9 Å². The molecule has 0 N–H and O–H groups in total. The van der Waals surface area contributed by atoms with Gasteiger partial charge in [-0.15, -0.1) is 0 Å². The van der Waals surface area contributed by atoms with Gasteiger partial charge in [0.05, 0.1) is 5.69 Å². The zero-order chi connectivity index (χ0) is 13.1. The second-order valence-electron chi connectivity index (χ2n) is 4.89. The maximum Gasteiger partial charge on any atom is 0.137 e. The number of rotatable bonds is 4. The summed E-state index contributed by atoms with van der Waals surface area (Å²) < 4.78 is 2.06. The Morgan fingerprint density at radius 1 is 1.05 bits per heavy atom. The molecule has 0 bridgehead atoms. The Morgan fingerprint density at radius 3 is 2.63 bits per heavy atom. The van der Waals surface area contributed by atoms with Crippen molar-refractivity contribution in [2.75, 3.05) is 0 Å². The number of hydrogen-bond donors (Lipinski definition) is 0. The summed E-state index contributed by atoms with van der Waals surface area (Å²) in [7, 11) is 0. The third-order valence-electron chi connectivity index (χ3n) is 3.43. The normalized spacial score (nSPS) is 11.0. The molecular weight excluding hydrogens is 232 g/mol. The van der Waals surface area contributed by atoms with Crippen molar-refractivity contribution in [2.45, 2.75) is 26.2 Å². The van der Waals surface area contributed by atoms with Crippen LogP contribution in [0, 0.1) is 0 Å². The molecule has 0 unspecified atom stereocenters. The molecule has 3 rings (SSSR count). The largest absolute Gasteiger partial charge is 0.306 e. The molecule has 0 saturated carbocycles. The molecule has 96 valence electrons. The summed E-state index contributed by atoms with van der Waals surface area (Å²) in [6, 6.07) is 14.8. The predicted octanol–water partition coefficient (Wildman–Crippen LogP) is 4.34. The number of aryl methyl sites for hydroxylation is 1. The number of imidazole rings is 1. The molecule has 1 aromatic carbocycles. The molecule has 0 radical (unpaired) electrons. The minimum Gasteiger partial charge on any atom is -0.306 e. The van der Waals surface area contributed by atoms with E-state index < -0.39 is 0 Å². The Labute approximate surface area is 113 Å². The topological polar surface area (TPSA) is 17.3 Å². The quantitative estimate of drug-likeness (QED) is 0.673. The molecule has 2 heterocycles. The highest BCUT2D eigenvalue weighted by molar-refractivity contribution is 5.62. The van der Waals surface area contributed by atoms with Crippen molar-refractivity contribution in [1.82, 2.24) is 9.38 Å². The third kappa shape index (κ3) is 2.53.